The first kappa shape index (κ1) is 21.4. The third kappa shape index (κ3) is 4.33. The van der Waals surface area contributed by atoms with Crippen molar-refractivity contribution in [2.75, 3.05) is 11.4 Å². The summed E-state index contributed by atoms with van der Waals surface area (Å²) in [6.07, 6.45) is 7.81. The van der Waals surface area contributed by atoms with E-state index < -0.39 is 0 Å². The van der Waals surface area contributed by atoms with E-state index in [2.05, 4.69) is 17.4 Å². The van der Waals surface area contributed by atoms with Crippen LogP contribution in [0.2, 0.25) is 0 Å². The third-order valence-corrected chi connectivity index (χ3v) is 7.62. The monoisotopic (exact) mass is 457 g/mol. The van der Waals surface area contributed by atoms with Crippen molar-refractivity contribution in [2.45, 2.75) is 70.0 Å². The zero-order valence-electron chi connectivity index (χ0n) is 19.5. The topological polar surface area (TPSA) is 69.7 Å². The number of rotatable bonds is 7. The Hall–Kier alpha value is -3.15. The maximum absolute atomic E-state index is 13.5. The molecule has 1 aliphatic heterocycles. The molecular weight excluding hydrogens is 426 g/mol. The smallest absolute Gasteiger partial charge is 0.251 e. The summed E-state index contributed by atoms with van der Waals surface area (Å²) in [5, 5.41) is 3.01. The highest BCUT2D eigenvalue weighted by Gasteiger charge is 2.41. The number of carbonyl (C=O) groups excluding carboxylic acids is 3. The van der Waals surface area contributed by atoms with Crippen LogP contribution in [0.1, 0.15) is 65.6 Å². The molecule has 2 aromatic rings. The van der Waals surface area contributed by atoms with E-state index in [0.29, 0.717) is 24.7 Å². The van der Waals surface area contributed by atoms with Gasteiger partial charge in [0.2, 0.25) is 11.8 Å². The van der Waals surface area contributed by atoms with E-state index in [1.54, 1.807) is 4.90 Å². The van der Waals surface area contributed by atoms with Crippen molar-refractivity contribution < 1.29 is 14.4 Å². The van der Waals surface area contributed by atoms with E-state index >= 15 is 0 Å². The lowest BCUT2D eigenvalue weighted by Crippen LogP contribution is -2.38. The lowest BCUT2D eigenvalue weighted by molar-refractivity contribution is -0.137. The molecule has 1 N–H and O–H groups in total. The van der Waals surface area contributed by atoms with Crippen LogP contribution < -0.4 is 10.2 Å². The standard InChI is InChI=1S/C28H31N3O3/c32-26-15-22(17-30(26)25-11-8-19-2-1-3-21(19)14-25)28(34)31(24-12-13-24)16-18-4-6-20(7-5-18)27(33)29-23-9-10-23/h4-8,11,14,22-24H,1-3,9-10,12-13,15-17H2,(H,29,33)/t22-/m0/s1. The van der Waals surface area contributed by atoms with Crippen LogP contribution in [0.5, 0.6) is 0 Å². The number of amides is 3. The molecule has 6 nitrogen and oxygen atoms in total. The quantitative estimate of drug-likeness (QED) is 0.691. The Morgan fingerprint density at radius 2 is 1.74 bits per heavy atom. The summed E-state index contributed by atoms with van der Waals surface area (Å²) in [5.41, 5.74) is 5.33. The highest BCUT2D eigenvalue weighted by molar-refractivity contribution is 6.00. The van der Waals surface area contributed by atoms with Gasteiger partial charge in [-0.25, -0.2) is 0 Å². The van der Waals surface area contributed by atoms with Crippen molar-refractivity contribution >= 4 is 23.4 Å². The molecule has 176 valence electrons. The summed E-state index contributed by atoms with van der Waals surface area (Å²) in [7, 11) is 0. The van der Waals surface area contributed by atoms with Crippen LogP contribution in [-0.2, 0) is 29.0 Å². The van der Waals surface area contributed by atoms with Crippen molar-refractivity contribution in [3.63, 3.8) is 0 Å². The normalized spacial score (nSPS) is 21.5. The maximum Gasteiger partial charge on any atom is 0.251 e. The van der Waals surface area contributed by atoms with Gasteiger partial charge >= 0.3 is 0 Å². The molecule has 0 unspecified atom stereocenters. The van der Waals surface area contributed by atoms with Crippen molar-refractivity contribution in [1.82, 2.24) is 10.2 Å². The Morgan fingerprint density at radius 1 is 0.971 bits per heavy atom. The Labute approximate surface area is 200 Å². The molecule has 3 aliphatic carbocycles. The van der Waals surface area contributed by atoms with Gasteiger partial charge in [0, 0.05) is 42.8 Å². The molecule has 0 aromatic heterocycles. The highest BCUT2D eigenvalue weighted by atomic mass is 16.2. The van der Waals surface area contributed by atoms with Gasteiger partial charge in [0.25, 0.3) is 5.91 Å². The number of hydrogen-bond donors (Lipinski definition) is 1. The first-order valence-electron chi connectivity index (χ1n) is 12.7. The Kier molecular flexibility index (Phi) is 5.39. The van der Waals surface area contributed by atoms with E-state index in [1.807, 2.05) is 35.2 Å². The summed E-state index contributed by atoms with van der Waals surface area (Å²) in [6.45, 7) is 0.984. The molecule has 1 saturated heterocycles. The number of benzene rings is 2. The molecule has 34 heavy (non-hydrogen) atoms. The summed E-state index contributed by atoms with van der Waals surface area (Å²) in [4.78, 5) is 42.4. The van der Waals surface area contributed by atoms with E-state index in [-0.39, 0.29) is 36.1 Å². The van der Waals surface area contributed by atoms with Crippen molar-refractivity contribution in [1.29, 1.82) is 0 Å². The molecule has 1 heterocycles. The van der Waals surface area contributed by atoms with Crippen LogP contribution in [0.25, 0.3) is 0 Å². The predicted molar refractivity (Wildman–Crippen MR) is 129 cm³/mol. The summed E-state index contributed by atoms with van der Waals surface area (Å²) < 4.78 is 0. The lowest BCUT2D eigenvalue weighted by atomic mass is 10.1. The van der Waals surface area contributed by atoms with Crippen molar-refractivity contribution in [3.8, 4) is 0 Å². The van der Waals surface area contributed by atoms with E-state index in [4.69, 9.17) is 0 Å². The van der Waals surface area contributed by atoms with Crippen LogP contribution in [0.3, 0.4) is 0 Å². The second-order valence-electron chi connectivity index (χ2n) is 10.4. The van der Waals surface area contributed by atoms with Gasteiger partial charge < -0.3 is 15.1 Å². The minimum Gasteiger partial charge on any atom is -0.349 e. The molecule has 0 radical (unpaired) electrons. The number of carbonyl (C=O) groups is 3. The average molecular weight is 458 g/mol. The van der Waals surface area contributed by atoms with Crippen LogP contribution in [0.4, 0.5) is 5.69 Å². The third-order valence-electron chi connectivity index (χ3n) is 7.62. The highest BCUT2D eigenvalue weighted by Crippen LogP contribution is 2.34. The SMILES string of the molecule is O=C(NC1CC1)c1ccc(CN(C(=O)[C@H]2CC(=O)N(c3ccc4c(c3)CCC4)C2)C2CC2)cc1. The van der Waals surface area contributed by atoms with Crippen LogP contribution in [-0.4, -0.2) is 41.2 Å². The van der Waals surface area contributed by atoms with Gasteiger partial charge in [0.15, 0.2) is 0 Å². The molecular formula is C28H31N3O3. The maximum atomic E-state index is 13.5. The van der Waals surface area contributed by atoms with Crippen LogP contribution >= 0.6 is 0 Å². The zero-order chi connectivity index (χ0) is 23.2. The number of anilines is 1. The Balaban J connectivity index is 1.13. The van der Waals surface area contributed by atoms with Crippen molar-refractivity contribution in [2.24, 2.45) is 5.92 Å². The second kappa shape index (κ2) is 8.57. The minimum atomic E-state index is -0.301. The first-order valence-corrected chi connectivity index (χ1v) is 12.7. The summed E-state index contributed by atoms with van der Waals surface area (Å²) >= 11 is 0. The number of nitrogens with zero attached hydrogens (tertiary/aromatic N) is 2. The number of nitrogens with one attached hydrogen (secondary N) is 1. The summed E-state index contributed by atoms with van der Waals surface area (Å²) in [5.74, 6) is -0.210. The molecule has 0 spiro atoms. The van der Waals surface area contributed by atoms with Crippen LogP contribution in [0.15, 0.2) is 42.5 Å². The molecule has 6 rings (SSSR count). The van der Waals surface area contributed by atoms with Gasteiger partial charge in [-0.05, 0) is 85.9 Å². The summed E-state index contributed by atoms with van der Waals surface area (Å²) in [6, 6.07) is 14.5. The van der Waals surface area contributed by atoms with Gasteiger partial charge in [-0.1, -0.05) is 18.2 Å². The van der Waals surface area contributed by atoms with Gasteiger partial charge in [-0.2, -0.15) is 0 Å². The fraction of sp³-hybridized carbons (Fsp3) is 0.464. The Bertz CT molecular complexity index is 1130. The fourth-order valence-corrected chi connectivity index (χ4v) is 5.31. The molecule has 4 aliphatic rings. The van der Waals surface area contributed by atoms with E-state index in [0.717, 1.165) is 49.8 Å². The molecule has 3 amide bonds. The fourth-order valence-electron chi connectivity index (χ4n) is 5.31. The van der Waals surface area contributed by atoms with E-state index in [9.17, 15) is 14.4 Å². The first-order chi connectivity index (χ1) is 16.5. The molecule has 6 heteroatoms. The van der Waals surface area contributed by atoms with Gasteiger partial charge in [-0.3, -0.25) is 14.4 Å². The molecule has 2 aromatic carbocycles. The van der Waals surface area contributed by atoms with E-state index in [1.165, 1.54) is 17.5 Å². The van der Waals surface area contributed by atoms with Crippen molar-refractivity contribution in [3.05, 3.63) is 64.7 Å². The molecule has 0 bridgehead atoms. The minimum absolute atomic E-state index is 0.0275. The zero-order valence-corrected chi connectivity index (χ0v) is 19.5. The number of aryl methyl sites for hydroxylation is 2. The largest absolute Gasteiger partial charge is 0.349 e. The number of hydrogen-bond acceptors (Lipinski definition) is 3. The van der Waals surface area contributed by atoms with Gasteiger partial charge in [0.05, 0.1) is 5.92 Å². The molecule has 2 saturated carbocycles. The van der Waals surface area contributed by atoms with Crippen LogP contribution in [0, 0.1) is 5.92 Å². The lowest BCUT2D eigenvalue weighted by Gasteiger charge is -2.26. The van der Waals surface area contributed by atoms with Gasteiger partial charge in [-0.15, -0.1) is 0 Å². The molecule has 3 fully saturated rings. The molecule has 1 atom stereocenters. The number of fused-ring (bicyclic) bond motifs is 1. The predicted octanol–water partition coefficient (Wildman–Crippen LogP) is 3.61. The van der Waals surface area contributed by atoms with Gasteiger partial charge in [0.1, 0.15) is 0 Å². The Morgan fingerprint density at radius 3 is 2.47 bits per heavy atom. The second-order valence-corrected chi connectivity index (χ2v) is 10.4. The average Bonchev–Trinajstić information content (AvgIpc) is 3.77.